The number of rotatable bonds is 4. The molecule has 1 aromatic heterocycles. The van der Waals surface area contributed by atoms with Crippen LogP contribution in [0.25, 0.3) is 22.6 Å². The van der Waals surface area contributed by atoms with Gasteiger partial charge in [-0.25, -0.2) is 9.37 Å². The summed E-state index contributed by atoms with van der Waals surface area (Å²) >= 11 is 0. The SMILES string of the molecule is CCc1ccc(C(=O)Nc2ccc3oc(-c4ccc(F)cc4)nc3c2)cc1. The van der Waals surface area contributed by atoms with Gasteiger partial charge in [0.25, 0.3) is 5.91 Å². The molecule has 0 unspecified atom stereocenters. The molecule has 0 aliphatic heterocycles. The molecular weight excluding hydrogens is 343 g/mol. The van der Waals surface area contributed by atoms with Crippen molar-refractivity contribution in [1.29, 1.82) is 0 Å². The van der Waals surface area contributed by atoms with Crippen LogP contribution in [-0.2, 0) is 6.42 Å². The number of hydrogen-bond donors (Lipinski definition) is 1. The molecule has 1 heterocycles. The Hall–Kier alpha value is -3.47. The summed E-state index contributed by atoms with van der Waals surface area (Å²) in [5.41, 5.74) is 4.32. The van der Waals surface area contributed by atoms with E-state index in [0.29, 0.717) is 33.8 Å². The predicted molar refractivity (Wildman–Crippen MR) is 103 cm³/mol. The van der Waals surface area contributed by atoms with Crippen LogP contribution in [0.1, 0.15) is 22.8 Å². The summed E-state index contributed by atoms with van der Waals surface area (Å²) in [5, 5.41) is 2.87. The molecular formula is C22H17FN2O2. The number of halogens is 1. The summed E-state index contributed by atoms with van der Waals surface area (Å²) in [4.78, 5) is 16.9. The first-order valence-corrected chi connectivity index (χ1v) is 8.69. The minimum atomic E-state index is -0.313. The molecule has 5 heteroatoms. The van der Waals surface area contributed by atoms with Gasteiger partial charge in [0.15, 0.2) is 5.58 Å². The van der Waals surface area contributed by atoms with E-state index in [9.17, 15) is 9.18 Å². The number of nitrogens with zero attached hydrogens (tertiary/aromatic N) is 1. The third-order valence-corrected chi connectivity index (χ3v) is 4.36. The fourth-order valence-electron chi connectivity index (χ4n) is 2.82. The van der Waals surface area contributed by atoms with Crippen LogP contribution in [0.5, 0.6) is 0 Å². The lowest BCUT2D eigenvalue weighted by molar-refractivity contribution is 0.102. The van der Waals surface area contributed by atoms with Gasteiger partial charge in [-0.05, 0) is 66.6 Å². The van der Waals surface area contributed by atoms with Gasteiger partial charge in [0.1, 0.15) is 11.3 Å². The minimum Gasteiger partial charge on any atom is -0.436 e. The lowest BCUT2D eigenvalue weighted by Gasteiger charge is -2.05. The van der Waals surface area contributed by atoms with Crippen LogP contribution >= 0.6 is 0 Å². The number of oxazole rings is 1. The summed E-state index contributed by atoms with van der Waals surface area (Å²) in [5.74, 6) is -0.0882. The topological polar surface area (TPSA) is 55.1 Å². The summed E-state index contributed by atoms with van der Waals surface area (Å²) in [6.45, 7) is 2.07. The van der Waals surface area contributed by atoms with Crippen molar-refractivity contribution in [2.24, 2.45) is 0 Å². The van der Waals surface area contributed by atoms with E-state index in [0.717, 1.165) is 6.42 Å². The number of fused-ring (bicyclic) bond motifs is 1. The van der Waals surface area contributed by atoms with Gasteiger partial charge in [-0.1, -0.05) is 19.1 Å². The largest absolute Gasteiger partial charge is 0.436 e. The van der Waals surface area contributed by atoms with Gasteiger partial charge in [-0.15, -0.1) is 0 Å². The van der Waals surface area contributed by atoms with Crippen molar-refractivity contribution in [2.75, 3.05) is 5.32 Å². The number of aromatic nitrogens is 1. The average molecular weight is 360 g/mol. The molecule has 134 valence electrons. The number of anilines is 1. The lowest BCUT2D eigenvalue weighted by Crippen LogP contribution is -2.11. The van der Waals surface area contributed by atoms with Gasteiger partial charge in [-0.2, -0.15) is 0 Å². The zero-order valence-corrected chi connectivity index (χ0v) is 14.7. The van der Waals surface area contributed by atoms with Crippen molar-refractivity contribution < 1.29 is 13.6 Å². The van der Waals surface area contributed by atoms with Gasteiger partial charge in [0, 0.05) is 16.8 Å². The number of aryl methyl sites for hydroxylation is 1. The minimum absolute atomic E-state index is 0.181. The maximum Gasteiger partial charge on any atom is 0.255 e. The molecule has 0 saturated heterocycles. The Labute approximate surface area is 155 Å². The molecule has 0 aliphatic carbocycles. The monoisotopic (exact) mass is 360 g/mol. The van der Waals surface area contributed by atoms with Crippen molar-refractivity contribution in [1.82, 2.24) is 4.98 Å². The van der Waals surface area contributed by atoms with Crippen molar-refractivity contribution in [3.8, 4) is 11.5 Å². The molecule has 0 fully saturated rings. The van der Waals surface area contributed by atoms with Crippen molar-refractivity contribution in [2.45, 2.75) is 13.3 Å². The number of nitrogens with one attached hydrogen (secondary N) is 1. The summed E-state index contributed by atoms with van der Waals surface area (Å²) in [6.07, 6.45) is 0.932. The molecule has 0 spiro atoms. The van der Waals surface area contributed by atoms with E-state index in [1.807, 2.05) is 24.3 Å². The number of amides is 1. The Morgan fingerprint density at radius 2 is 1.78 bits per heavy atom. The van der Waals surface area contributed by atoms with Crippen LogP contribution < -0.4 is 5.32 Å². The number of carbonyl (C=O) groups is 1. The second kappa shape index (κ2) is 7.03. The molecule has 0 saturated carbocycles. The van der Waals surface area contributed by atoms with E-state index in [1.54, 1.807) is 30.3 Å². The molecule has 3 aromatic carbocycles. The van der Waals surface area contributed by atoms with Crippen LogP contribution in [0, 0.1) is 5.82 Å². The van der Waals surface area contributed by atoms with Crippen molar-refractivity contribution >= 4 is 22.7 Å². The standard InChI is InChI=1S/C22H17FN2O2/c1-2-14-3-5-15(6-4-14)21(26)24-18-11-12-20-19(13-18)25-22(27-20)16-7-9-17(23)10-8-16/h3-13H,2H2,1H3,(H,24,26). The quantitative estimate of drug-likeness (QED) is 0.526. The zero-order chi connectivity index (χ0) is 18.8. The van der Waals surface area contributed by atoms with Gasteiger partial charge in [0.2, 0.25) is 5.89 Å². The van der Waals surface area contributed by atoms with Crippen molar-refractivity contribution in [3.05, 3.63) is 83.7 Å². The molecule has 1 N–H and O–H groups in total. The van der Waals surface area contributed by atoms with Gasteiger partial charge in [0.05, 0.1) is 0 Å². The summed E-state index contributed by atoms with van der Waals surface area (Å²) < 4.78 is 18.8. The van der Waals surface area contributed by atoms with E-state index >= 15 is 0 Å². The maximum absolute atomic E-state index is 13.1. The molecule has 27 heavy (non-hydrogen) atoms. The Balaban J connectivity index is 1.57. The van der Waals surface area contributed by atoms with E-state index in [2.05, 4.69) is 17.2 Å². The zero-order valence-electron chi connectivity index (χ0n) is 14.7. The molecule has 1 amide bonds. The molecule has 4 aromatic rings. The molecule has 0 bridgehead atoms. The van der Waals surface area contributed by atoms with Crippen LogP contribution in [0.2, 0.25) is 0 Å². The Bertz CT molecular complexity index is 1100. The Morgan fingerprint density at radius 1 is 1.04 bits per heavy atom. The first-order chi connectivity index (χ1) is 13.1. The molecule has 4 nitrogen and oxygen atoms in total. The molecule has 0 aliphatic rings. The first kappa shape index (κ1) is 17.0. The fraction of sp³-hybridized carbons (Fsp3) is 0.0909. The van der Waals surface area contributed by atoms with Crippen LogP contribution in [0.4, 0.5) is 10.1 Å². The predicted octanol–water partition coefficient (Wildman–Crippen LogP) is 5.45. The smallest absolute Gasteiger partial charge is 0.255 e. The van der Waals surface area contributed by atoms with Crippen molar-refractivity contribution in [3.63, 3.8) is 0 Å². The molecule has 0 radical (unpaired) electrons. The van der Waals surface area contributed by atoms with E-state index in [-0.39, 0.29) is 11.7 Å². The third kappa shape index (κ3) is 3.58. The average Bonchev–Trinajstić information content (AvgIpc) is 3.12. The van der Waals surface area contributed by atoms with E-state index < -0.39 is 0 Å². The second-order valence-corrected chi connectivity index (χ2v) is 6.21. The Morgan fingerprint density at radius 3 is 2.48 bits per heavy atom. The molecule has 4 rings (SSSR count). The third-order valence-electron chi connectivity index (χ3n) is 4.36. The van der Waals surface area contributed by atoms with E-state index in [1.165, 1.54) is 17.7 Å². The van der Waals surface area contributed by atoms with Gasteiger partial charge in [-0.3, -0.25) is 4.79 Å². The number of hydrogen-bond acceptors (Lipinski definition) is 3. The molecule has 0 atom stereocenters. The summed E-state index contributed by atoms with van der Waals surface area (Å²) in [6, 6.07) is 18.8. The lowest BCUT2D eigenvalue weighted by atomic mass is 10.1. The highest BCUT2D eigenvalue weighted by atomic mass is 19.1. The first-order valence-electron chi connectivity index (χ1n) is 8.69. The van der Waals surface area contributed by atoms with Crippen LogP contribution in [0.3, 0.4) is 0 Å². The van der Waals surface area contributed by atoms with E-state index in [4.69, 9.17) is 4.42 Å². The summed E-state index contributed by atoms with van der Waals surface area (Å²) in [7, 11) is 0. The number of benzene rings is 3. The maximum atomic E-state index is 13.1. The fourth-order valence-corrected chi connectivity index (χ4v) is 2.82. The van der Waals surface area contributed by atoms with Crippen LogP contribution in [-0.4, -0.2) is 10.9 Å². The van der Waals surface area contributed by atoms with Crippen LogP contribution in [0.15, 0.2) is 71.1 Å². The highest BCUT2D eigenvalue weighted by Crippen LogP contribution is 2.26. The normalized spacial score (nSPS) is 10.9. The number of carbonyl (C=O) groups excluding carboxylic acids is 1. The Kier molecular flexibility index (Phi) is 4.42. The van der Waals surface area contributed by atoms with Gasteiger partial charge >= 0.3 is 0 Å². The highest BCUT2D eigenvalue weighted by molar-refractivity contribution is 6.05. The van der Waals surface area contributed by atoms with Gasteiger partial charge < -0.3 is 9.73 Å². The highest BCUT2D eigenvalue weighted by Gasteiger charge is 2.11. The second-order valence-electron chi connectivity index (χ2n) is 6.21.